The average Bonchev–Trinajstić information content (AvgIpc) is 2.50. The molecule has 0 bridgehead atoms. The van der Waals surface area contributed by atoms with Crippen LogP contribution in [0.2, 0.25) is 5.02 Å². The molecule has 1 amide bonds. The van der Waals surface area contributed by atoms with Gasteiger partial charge in [0.25, 0.3) is 5.91 Å². The standard InChI is InChI=1S/C15H20ClFN2O2/c1-11(21-2)15(20)19-8-6-18(7-9-19)10-12-13(16)4-3-5-14(12)17/h3-5,11H,6-10H2,1-2H3. The average molecular weight is 315 g/mol. The van der Waals surface area contributed by atoms with Gasteiger partial charge in [-0.3, -0.25) is 9.69 Å². The van der Waals surface area contributed by atoms with Crippen molar-refractivity contribution in [3.05, 3.63) is 34.6 Å². The number of piperazine rings is 1. The van der Waals surface area contributed by atoms with Crippen molar-refractivity contribution >= 4 is 17.5 Å². The zero-order chi connectivity index (χ0) is 15.4. The van der Waals surface area contributed by atoms with E-state index < -0.39 is 6.10 Å². The van der Waals surface area contributed by atoms with Crippen LogP contribution in [0.4, 0.5) is 4.39 Å². The van der Waals surface area contributed by atoms with E-state index in [4.69, 9.17) is 16.3 Å². The molecule has 6 heteroatoms. The molecular formula is C15H20ClFN2O2. The Morgan fingerprint density at radius 3 is 2.62 bits per heavy atom. The number of amides is 1. The zero-order valence-electron chi connectivity index (χ0n) is 12.3. The third-order valence-corrected chi connectivity index (χ3v) is 4.18. The molecule has 0 spiro atoms. The van der Waals surface area contributed by atoms with Gasteiger partial charge in [0, 0.05) is 50.4 Å². The SMILES string of the molecule is COC(C)C(=O)N1CCN(Cc2c(F)cccc2Cl)CC1. The van der Waals surface area contributed by atoms with Crippen LogP contribution in [0.5, 0.6) is 0 Å². The second kappa shape index (κ2) is 7.20. The van der Waals surface area contributed by atoms with Crippen molar-refractivity contribution in [2.75, 3.05) is 33.3 Å². The van der Waals surface area contributed by atoms with Gasteiger partial charge < -0.3 is 9.64 Å². The van der Waals surface area contributed by atoms with E-state index in [1.54, 1.807) is 24.0 Å². The molecule has 4 nitrogen and oxygen atoms in total. The van der Waals surface area contributed by atoms with Crippen LogP contribution in [0.1, 0.15) is 12.5 Å². The van der Waals surface area contributed by atoms with E-state index in [1.165, 1.54) is 13.2 Å². The lowest BCUT2D eigenvalue weighted by Crippen LogP contribution is -2.51. The molecule has 1 aromatic rings. The van der Waals surface area contributed by atoms with Crippen LogP contribution in [-0.4, -0.2) is 55.1 Å². The fourth-order valence-corrected chi connectivity index (χ4v) is 2.61. The summed E-state index contributed by atoms with van der Waals surface area (Å²) >= 11 is 6.04. The van der Waals surface area contributed by atoms with Crippen molar-refractivity contribution in [2.24, 2.45) is 0 Å². The highest BCUT2D eigenvalue weighted by Crippen LogP contribution is 2.21. The summed E-state index contributed by atoms with van der Waals surface area (Å²) in [5, 5.41) is 0.446. The summed E-state index contributed by atoms with van der Waals surface area (Å²) in [6.45, 7) is 4.86. The Labute approximate surface area is 129 Å². The van der Waals surface area contributed by atoms with Crippen LogP contribution in [0.15, 0.2) is 18.2 Å². The molecule has 0 aromatic heterocycles. The summed E-state index contributed by atoms with van der Waals surface area (Å²) < 4.78 is 18.8. The van der Waals surface area contributed by atoms with E-state index in [1.807, 2.05) is 0 Å². The van der Waals surface area contributed by atoms with Crippen LogP contribution >= 0.6 is 11.6 Å². The number of hydrogen-bond donors (Lipinski definition) is 0. The molecule has 1 saturated heterocycles. The van der Waals surface area contributed by atoms with Gasteiger partial charge in [0.15, 0.2) is 0 Å². The second-order valence-electron chi connectivity index (χ2n) is 5.18. The molecule has 1 aliphatic heterocycles. The number of methoxy groups -OCH3 is 1. The lowest BCUT2D eigenvalue weighted by Gasteiger charge is -2.35. The minimum absolute atomic E-state index is 0.000995. The fourth-order valence-electron chi connectivity index (χ4n) is 2.39. The van der Waals surface area contributed by atoms with E-state index in [0.29, 0.717) is 43.3 Å². The summed E-state index contributed by atoms with van der Waals surface area (Å²) in [5.74, 6) is -0.282. The first-order chi connectivity index (χ1) is 10.0. The maximum Gasteiger partial charge on any atom is 0.251 e. The van der Waals surface area contributed by atoms with Gasteiger partial charge in [0.2, 0.25) is 0 Å². The molecule has 1 fully saturated rings. The number of benzene rings is 1. The highest BCUT2D eigenvalue weighted by Gasteiger charge is 2.25. The molecule has 0 N–H and O–H groups in total. The summed E-state index contributed by atoms with van der Waals surface area (Å²) in [6, 6.07) is 4.71. The summed E-state index contributed by atoms with van der Waals surface area (Å²) in [6.07, 6.45) is -0.419. The topological polar surface area (TPSA) is 32.8 Å². The molecule has 0 aliphatic carbocycles. The second-order valence-corrected chi connectivity index (χ2v) is 5.59. The van der Waals surface area contributed by atoms with Crippen LogP contribution in [-0.2, 0) is 16.1 Å². The summed E-state index contributed by atoms with van der Waals surface area (Å²) in [4.78, 5) is 15.9. The van der Waals surface area contributed by atoms with Crippen molar-refractivity contribution in [1.82, 2.24) is 9.80 Å². The third kappa shape index (κ3) is 3.93. The molecule has 0 saturated carbocycles. The molecule has 21 heavy (non-hydrogen) atoms. The first kappa shape index (κ1) is 16.2. The Morgan fingerprint density at radius 2 is 2.05 bits per heavy atom. The zero-order valence-corrected chi connectivity index (χ0v) is 13.1. The molecule has 1 aliphatic rings. The maximum absolute atomic E-state index is 13.8. The maximum atomic E-state index is 13.8. The van der Waals surface area contributed by atoms with Crippen LogP contribution in [0.3, 0.4) is 0 Å². The Kier molecular flexibility index (Phi) is 5.56. The monoisotopic (exact) mass is 314 g/mol. The molecule has 1 aromatic carbocycles. The van der Waals surface area contributed by atoms with E-state index in [-0.39, 0.29) is 11.7 Å². The van der Waals surface area contributed by atoms with Crippen molar-refractivity contribution in [3.63, 3.8) is 0 Å². The number of hydrogen-bond acceptors (Lipinski definition) is 3. The first-order valence-electron chi connectivity index (χ1n) is 6.99. The minimum atomic E-state index is -0.419. The molecular weight excluding hydrogens is 295 g/mol. The Balaban J connectivity index is 1.91. The van der Waals surface area contributed by atoms with Crippen molar-refractivity contribution < 1.29 is 13.9 Å². The lowest BCUT2D eigenvalue weighted by molar-refractivity contribution is -0.142. The molecule has 1 atom stereocenters. The largest absolute Gasteiger partial charge is 0.372 e. The van der Waals surface area contributed by atoms with Gasteiger partial charge in [0.1, 0.15) is 11.9 Å². The van der Waals surface area contributed by atoms with E-state index in [0.717, 1.165) is 0 Å². The van der Waals surface area contributed by atoms with Gasteiger partial charge in [-0.25, -0.2) is 4.39 Å². The Bertz CT molecular complexity index is 484. The minimum Gasteiger partial charge on any atom is -0.372 e. The van der Waals surface area contributed by atoms with Gasteiger partial charge in [-0.15, -0.1) is 0 Å². The number of nitrogens with zero attached hydrogens (tertiary/aromatic N) is 2. The predicted octanol–water partition coefficient (Wildman–Crippen LogP) is 2.16. The van der Waals surface area contributed by atoms with Gasteiger partial charge in [-0.05, 0) is 19.1 Å². The smallest absolute Gasteiger partial charge is 0.251 e. The quantitative estimate of drug-likeness (QED) is 0.854. The van der Waals surface area contributed by atoms with Crippen LogP contribution < -0.4 is 0 Å². The summed E-state index contributed by atoms with van der Waals surface area (Å²) in [7, 11) is 1.53. The van der Waals surface area contributed by atoms with Gasteiger partial charge in [0.05, 0.1) is 0 Å². The van der Waals surface area contributed by atoms with Crippen LogP contribution in [0.25, 0.3) is 0 Å². The van der Waals surface area contributed by atoms with Crippen LogP contribution in [0, 0.1) is 5.82 Å². The lowest BCUT2D eigenvalue weighted by atomic mass is 10.1. The first-order valence-corrected chi connectivity index (χ1v) is 7.37. The van der Waals surface area contributed by atoms with E-state index in [2.05, 4.69) is 4.90 Å². The third-order valence-electron chi connectivity index (χ3n) is 3.83. The highest BCUT2D eigenvalue weighted by molar-refractivity contribution is 6.31. The molecule has 1 heterocycles. The highest BCUT2D eigenvalue weighted by atomic mass is 35.5. The van der Waals surface area contributed by atoms with Crippen molar-refractivity contribution in [2.45, 2.75) is 19.6 Å². The van der Waals surface area contributed by atoms with Crippen molar-refractivity contribution in [3.8, 4) is 0 Å². The van der Waals surface area contributed by atoms with E-state index >= 15 is 0 Å². The fraction of sp³-hybridized carbons (Fsp3) is 0.533. The molecule has 2 rings (SSSR count). The number of rotatable bonds is 4. The molecule has 116 valence electrons. The normalized spacial score (nSPS) is 17.8. The van der Waals surface area contributed by atoms with Gasteiger partial charge in [-0.2, -0.15) is 0 Å². The Morgan fingerprint density at radius 1 is 1.38 bits per heavy atom. The predicted molar refractivity (Wildman–Crippen MR) is 79.7 cm³/mol. The van der Waals surface area contributed by atoms with E-state index in [9.17, 15) is 9.18 Å². The van der Waals surface area contributed by atoms with Crippen molar-refractivity contribution in [1.29, 1.82) is 0 Å². The van der Waals surface area contributed by atoms with Gasteiger partial charge >= 0.3 is 0 Å². The number of ether oxygens (including phenoxy) is 1. The number of carbonyl (C=O) groups excluding carboxylic acids is 1. The molecule has 0 radical (unpaired) electrons. The number of halogens is 2. The van der Waals surface area contributed by atoms with Gasteiger partial charge in [-0.1, -0.05) is 17.7 Å². The molecule has 1 unspecified atom stereocenters. The summed E-state index contributed by atoms with van der Waals surface area (Å²) in [5.41, 5.74) is 0.518. The Hall–Kier alpha value is -1.17. The number of carbonyl (C=O) groups is 1.